The number of piperidine rings is 1. The standard InChI is InChI=1S/C15H27N3O/c1-5-15(6-2,7-3)17-14(19)12-18(4)13-9-8-10-16-11-13/h1,13,16H,6-12H2,2-4H3,(H,17,19). The zero-order chi connectivity index (χ0) is 14.3. The predicted octanol–water partition coefficient (Wildman–Crippen LogP) is 0.978. The van der Waals surface area contributed by atoms with Crippen molar-refractivity contribution in [3.8, 4) is 12.3 Å². The number of hydrogen-bond donors (Lipinski definition) is 2. The molecule has 1 unspecified atom stereocenters. The zero-order valence-corrected chi connectivity index (χ0v) is 12.5. The second-order valence-electron chi connectivity index (χ2n) is 5.40. The van der Waals surface area contributed by atoms with Crippen molar-refractivity contribution in [2.45, 2.75) is 51.1 Å². The summed E-state index contributed by atoms with van der Waals surface area (Å²) in [6.45, 7) is 6.49. The molecule has 1 rings (SSSR count). The van der Waals surface area contributed by atoms with Gasteiger partial charge in [0.2, 0.25) is 5.91 Å². The third-order valence-electron chi connectivity index (χ3n) is 4.15. The van der Waals surface area contributed by atoms with Crippen molar-refractivity contribution in [2.24, 2.45) is 0 Å². The van der Waals surface area contributed by atoms with Crippen LogP contribution in [0.5, 0.6) is 0 Å². The maximum absolute atomic E-state index is 12.1. The van der Waals surface area contributed by atoms with E-state index in [1.54, 1.807) is 0 Å². The van der Waals surface area contributed by atoms with Crippen LogP contribution >= 0.6 is 0 Å². The monoisotopic (exact) mass is 265 g/mol. The van der Waals surface area contributed by atoms with Crippen molar-refractivity contribution >= 4 is 5.91 Å². The number of nitrogens with zero attached hydrogens (tertiary/aromatic N) is 1. The van der Waals surface area contributed by atoms with Crippen LogP contribution in [0, 0.1) is 12.3 Å². The highest BCUT2D eigenvalue weighted by atomic mass is 16.2. The average Bonchev–Trinajstić information content (AvgIpc) is 2.46. The third kappa shape index (κ3) is 4.52. The van der Waals surface area contributed by atoms with Gasteiger partial charge in [-0.1, -0.05) is 19.8 Å². The van der Waals surface area contributed by atoms with Crippen LogP contribution in [0.4, 0.5) is 0 Å². The fourth-order valence-electron chi connectivity index (χ4n) is 2.54. The lowest BCUT2D eigenvalue weighted by Gasteiger charge is -2.33. The summed E-state index contributed by atoms with van der Waals surface area (Å²) in [5, 5.41) is 6.38. The zero-order valence-electron chi connectivity index (χ0n) is 12.5. The molecule has 19 heavy (non-hydrogen) atoms. The molecule has 2 N–H and O–H groups in total. The average molecular weight is 265 g/mol. The van der Waals surface area contributed by atoms with E-state index in [1.165, 1.54) is 6.42 Å². The summed E-state index contributed by atoms with van der Waals surface area (Å²) in [6, 6.07) is 0.447. The minimum atomic E-state index is -0.483. The van der Waals surface area contributed by atoms with Gasteiger partial charge >= 0.3 is 0 Å². The Bertz CT molecular complexity index is 325. The van der Waals surface area contributed by atoms with Crippen LogP contribution in [0.1, 0.15) is 39.5 Å². The number of hydrogen-bond acceptors (Lipinski definition) is 3. The van der Waals surface area contributed by atoms with E-state index in [-0.39, 0.29) is 5.91 Å². The van der Waals surface area contributed by atoms with Crippen LogP contribution in [0.25, 0.3) is 0 Å². The van der Waals surface area contributed by atoms with Crippen LogP contribution in [0.15, 0.2) is 0 Å². The second kappa shape index (κ2) is 7.52. The molecule has 0 radical (unpaired) electrons. The molecule has 0 bridgehead atoms. The van der Waals surface area contributed by atoms with Crippen molar-refractivity contribution in [1.82, 2.24) is 15.5 Å². The molecule has 1 aliphatic heterocycles. The molecule has 1 amide bonds. The Labute approximate surface area is 117 Å². The normalized spacial score (nSPS) is 20.1. The van der Waals surface area contributed by atoms with E-state index in [4.69, 9.17) is 6.42 Å². The molecule has 1 fully saturated rings. The minimum Gasteiger partial charge on any atom is -0.339 e. The first-order chi connectivity index (χ1) is 9.06. The lowest BCUT2D eigenvalue weighted by molar-refractivity contribution is -0.124. The summed E-state index contributed by atoms with van der Waals surface area (Å²) in [5.74, 6) is 2.76. The maximum atomic E-state index is 12.1. The second-order valence-corrected chi connectivity index (χ2v) is 5.40. The van der Waals surface area contributed by atoms with Gasteiger partial charge in [0.25, 0.3) is 0 Å². The van der Waals surface area contributed by atoms with Crippen molar-refractivity contribution < 1.29 is 4.79 Å². The quantitative estimate of drug-likeness (QED) is 0.704. The van der Waals surface area contributed by atoms with Crippen molar-refractivity contribution in [3.63, 3.8) is 0 Å². The Hall–Kier alpha value is -1.05. The van der Waals surface area contributed by atoms with Crippen molar-refractivity contribution in [1.29, 1.82) is 0 Å². The molecule has 1 atom stereocenters. The Balaban J connectivity index is 2.47. The number of carbonyl (C=O) groups excluding carboxylic acids is 1. The van der Waals surface area contributed by atoms with E-state index < -0.39 is 5.54 Å². The molecular formula is C15H27N3O. The molecule has 4 nitrogen and oxygen atoms in total. The smallest absolute Gasteiger partial charge is 0.235 e. The summed E-state index contributed by atoms with van der Waals surface area (Å²) in [7, 11) is 2.01. The van der Waals surface area contributed by atoms with Crippen LogP contribution in [-0.2, 0) is 4.79 Å². The summed E-state index contributed by atoms with van der Waals surface area (Å²) in [4.78, 5) is 14.2. The van der Waals surface area contributed by atoms with Crippen molar-refractivity contribution in [3.05, 3.63) is 0 Å². The van der Waals surface area contributed by atoms with E-state index in [0.717, 1.165) is 32.4 Å². The summed E-state index contributed by atoms with van der Waals surface area (Å²) in [6.07, 6.45) is 9.42. The highest BCUT2D eigenvalue weighted by molar-refractivity contribution is 5.79. The Morgan fingerprint density at radius 2 is 2.21 bits per heavy atom. The topological polar surface area (TPSA) is 44.4 Å². The Kier molecular flexibility index (Phi) is 6.33. The van der Waals surface area contributed by atoms with Gasteiger partial charge in [0.15, 0.2) is 0 Å². The number of rotatable bonds is 6. The molecule has 1 heterocycles. The van der Waals surface area contributed by atoms with Gasteiger partial charge < -0.3 is 10.6 Å². The number of carbonyl (C=O) groups is 1. The predicted molar refractivity (Wildman–Crippen MR) is 78.8 cm³/mol. The number of amides is 1. The van der Waals surface area contributed by atoms with Gasteiger partial charge in [0, 0.05) is 12.6 Å². The molecule has 0 aromatic carbocycles. The molecule has 0 aromatic heterocycles. The van der Waals surface area contributed by atoms with Gasteiger partial charge in [-0.2, -0.15) is 0 Å². The number of likely N-dealkylation sites (N-methyl/N-ethyl adjacent to an activating group) is 1. The number of terminal acetylenes is 1. The van der Waals surface area contributed by atoms with Gasteiger partial charge in [0.05, 0.1) is 6.54 Å². The first-order valence-electron chi connectivity index (χ1n) is 7.26. The van der Waals surface area contributed by atoms with E-state index >= 15 is 0 Å². The van der Waals surface area contributed by atoms with E-state index in [2.05, 4.69) is 21.5 Å². The van der Waals surface area contributed by atoms with Crippen LogP contribution in [-0.4, -0.2) is 49.1 Å². The fourth-order valence-corrected chi connectivity index (χ4v) is 2.54. The molecule has 0 aromatic rings. The molecule has 1 aliphatic rings. The highest BCUT2D eigenvalue weighted by Crippen LogP contribution is 2.14. The lowest BCUT2D eigenvalue weighted by Crippen LogP contribution is -2.52. The van der Waals surface area contributed by atoms with Crippen LogP contribution < -0.4 is 10.6 Å². The number of nitrogens with one attached hydrogen (secondary N) is 2. The molecule has 0 saturated carbocycles. The minimum absolute atomic E-state index is 0.0229. The summed E-state index contributed by atoms with van der Waals surface area (Å²) >= 11 is 0. The first kappa shape index (κ1) is 16.0. The molecule has 1 saturated heterocycles. The van der Waals surface area contributed by atoms with Gasteiger partial charge in [-0.25, -0.2) is 0 Å². The Morgan fingerprint density at radius 3 is 2.68 bits per heavy atom. The van der Waals surface area contributed by atoms with E-state index in [1.807, 2.05) is 20.9 Å². The maximum Gasteiger partial charge on any atom is 0.235 e. The highest BCUT2D eigenvalue weighted by Gasteiger charge is 2.27. The van der Waals surface area contributed by atoms with E-state index in [0.29, 0.717) is 12.6 Å². The molecule has 0 aliphatic carbocycles. The first-order valence-corrected chi connectivity index (χ1v) is 7.26. The van der Waals surface area contributed by atoms with Crippen molar-refractivity contribution in [2.75, 3.05) is 26.7 Å². The largest absolute Gasteiger partial charge is 0.339 e. The molecule has 108 valence electrons. The SMILES string of the molecule is C#CC(CC)(CC)NC(=O)CN(C)C1CCCNC1. The van der Waals surface area contributed by atoms with Crippen LogP contribution in [0.2, 0.25) is 0 Å². The summed E-state index contributed by atoms with van der Waals surface area (Å²) < 4.78 is 0. The Morgan fingerprint density at radius 1 is 1.53 bits per heavy atom. The lowest BCUT2D eigenvalue weighted by atomic mass is 9.94. The van der Waals surface area contributed by atoms with Gasteiger partial charge in [-0.05, 0) is 39.3 Å². The molecule has 0 spiro atoms. The third-order valence-corrected chi connectivity index (χ3v) is 4.15. The van der Waals surface area contributed by atoms with Gasteiger partial charge in [-0.15, -0.1) is 6.42 Å². The fraction of sp³-hybridized carbons (Fsp3) is 0.800. The van der Waals surface area contributed by atoms with Gasteiger partial charge in [-0.3, -0.25) is 9.69 Å². The molecular weight excluding hydrogens is 238 g/mol. The summed E-state index contributed by atoms with van der Waals surface area (Å²) in [5.41, 5.74) is -0.483. The van der Waals surface area contributed by atoms with Crippen LogP contribution in [0.3, 0.4) is 0 Å². The van der Waals surface area contributed by atoms with E-state index in [9.17, 15) is 4.79 Å². The van der Waals surface area contributed by atoms with Gasteiger partial charge in [0.1, 0.15) is 5.54 Å². The molecule has 4 heteroatoms.